The van der Waals surface area contributed by atoms with E-state index in [1.165, 1.54) is 36.2 Å². The van der Waals surface area contributed by atoms with E-state index in [0.717, 1.165) is 21.6 Å². The van der Waals surface area contributed by atoms with Crippen LogP contribution in [0.15, 0.2) is 27.6 Å². The third-order valence-electron chi connectivity index (χ3n) is 2.66. The molecule has 4 heteroatoms. The molecule has 0 spiro atoms. The number of nitrogens with one attached hydrogen (secondary N) is 1. The summed E-state index contributed by atoms with van der Waals surface area (Å²) in [7, 11) is 0. The van der Waals surface area contributed by atoms with Crippen molar-refractivity contribution in [2.75, 3.05) is 6.54 Å². The molecule has 1 aliphatic rings. The summed E-state index contributed by atoms with van der Waals surface area (Å²) in [5.74, 6) is 0.0364. The van der Waals surface area contributed by atoms with Gasteiger partial charge in [-0.15, -0.1) is 11.3 Å². The van der Waals surface area contributed by atoms with Crippen molar-refractivity contribution in [2.24, 2.45) is 0 Å². The number of halogens is 1. The highest BCUT2D eigenvalue weighted by molar-refractivity contribution is 9.11. The van der Waals surface area contributed by atoms with Crippen molar-refractivity contribution in [1.82, 2.24) is 5.32 Å². The fraction of sp³-hybridized carbons (Fsp3) is 0.417. The minimum absolute atomic E-state index is 0.0364. The van der Waals surface area contributed by atoms with Crippen LogP contribution in [0.1, 0.15) is 35.4 Å². The van der Waals surface area contributed by atoms with Gasteiger partial charge in [0.25, 0.3) is 5.91 Å². The maximum Gasteiger partial charge on any atom is 0.261 e. The van der Waals surface area contributed by atoms with Crippen molar-refractivity contribution in [3.63, 3.8) is 0 Å². The summed E-state index contributed by atoms with van der Waals surface area (Å²) >= 11 is 4.82. The standard InChI is InChI=1S/C12H14BrNOS/c13-11-6-5-10(16-11)12(15)14-8-7-9-3-1-2-4-9/h3,5-6H,1-2,4,7-8H2,(H,14,15). The van der Waals surface area contributed by atoms with Gasteiger partial charge in [-0.2, -0.15) is 0 Å². The van der Waals surface area contributed by atoms with E-state index in [4.69, 9.17) is 0 Å². The molecule has 1 heterocycles. The lowest BCUT2D eigenvalue weighted by Crippen LogP contribution is -2.23. The molecule has 1 N–H and O–H groups in total. The van der Waals surface area contributed by atoms with Gasteiger partial charge in [0.05, 0.1) is 8.66 Å². The lowest BCUT2D eigenvalue weighted by molar-refractivity contribution is 0.0958. The van der Waals surface area contributed by atoms with E-state index < -0.39 is 0 Å². The van der Waals surface area contributed by atoms with Gasteiger partial charge >= 0.3 is 0 Å². The van der Waals surface area contributed by atoms with Crippen molar-refractivity contribution >= 4 is 33.2 Å². The Morgan fingerprint density at radius 1 is 1.50 bits per heavy atom. The Kier molecular flexibility index (Phi) is 4.18. The summed E-state index contributed by atoms with van der Waals surface area (Å²) < 4.78 is 0.996. The van der Waals surface area contributed by atoms with Crippen molar-refractivity contribution in [2.45, 2.75) is 25.7 Å². The van der Waals surface area contributed by atoms with Gasteiger partial charge in [-0.3, -0.25) is 4.79 Å². The van der Waals surface area contributed by atoms with Crippen molar-refractivity contribution in [3.8, 4) is 0 Å². The number of hydrogen-bond acceptors (Lipinski definition) is 2. The molecule has 1 aromatic rings. The Morgan fingerprint density at radius 3 is 3.00 bits per heavy atom. The zero-order valence-electron chi connectivity index (χ0n) is 8.96. The number of carbonyl (C=O) groups excluding carboxylic acids is 1. The molecule has 2 rings (SSSR count). The van der Waals surface area contributed by atoms with E-state index in [1.54, 1.807) is 0 Å². The minimum atomic E-state index is 0.0364. The summed E-state index contributed by atoms with van der Waals surface area (Å²) in [4.78, 5) is 12.5. The zero-order chi connectivity index (χ0) is 11.4. The fourth-order valence-corrected chi connectivity index (χ4v) is 3.13. The average Bonchev–Trinajstić information content (AvgIpc) is 2.89. The zero-order valence-corrected chi connectivity index (χ0v) is 11.4. The van der Waals surface area contributed by atoms with E-state index in [9.17, 15) is 4.79 Å². The molecule has 0 unspecified atom stereocenters. The first-order chi connectivity index (χ1) is 7.75. The van der Waals surface area contributed by atoms with Crippen molar-refractivity contribution in [1.29, 1.82) is 0 Å². The van der Waals surface area contributed by atoms with Crippen LogP contribution in [-0.4, -0.2) is 12.5 Å². The largest absolute Gasteiger partial charge is 0.351 e. The lowest BCUT2D eigenvalue weighted by atomic mass is 10.2. The van der Waals surface area contributed by atoms with Crippen LogP contribution in [0.5, 0.6) is 0 Å². The number of allylic oxidation sites excluding steroid dienone is 1. The summed E-state index contributed by atoms with van der Waals surface area (Å²) in [5, 5.41) is 2.95. The second-order valence-corrected chi connectivity index (χ2v) is 6.33. The number of carbonyl (C=O) groups is 1. The molecule has 0 aromatic carbocycles. The van der Waals surface area contributed by atoms with Crippen LogP contribution < -0.4 is 5.32 Å². The van der Waals surface area contributed by atoms with Crippen LogP contribution in [0.25, 0.3) is 0 Å². The van der Waals surface area contributed by atoms with E-state index in [2.05, 4.69) is 27.3 Å². The molecule has 0 bridgehead atoms. The molecule has 1 aromatic heterocycles. The van der Waals surface area contributed by atoms with Gasteiger partial charge in [-0.05, 0) is 53.7 Å². The van der Waals surface area contributed by atoms with Crippen LogP contribution in [-0.2, 0) is 0 Å². The molecule has 0 saturated carbocycles. The van der Waals surface area contributed by atoms with Gasteiger partial charge in [0.2, 0.25) is 0 Å². The average molecular weight is 300 g/mol. The highest BCUT2D eigenvalue weighted by Gasteiger charge is 2.09. The second-order valence-electron chi connectivity index (χ2n) is 3.86. The first-order valence-electron chi connectivity index (χ1n) is 5.47. The van der Waals surface area contributed by atoms with Crippen LogP contribution in [0, 0.1) is 0 Å². The van der Waals surface area contributed by atoms with Crippen molar-refractivity contribution < 1.29 is 4.79 Å². The van der Waals surface area contributed by atoms with Crippen LogP contribution >= 0.6 is 27.3 Å². The molecule has 1 amide bonds. The predicted molar refractivity (Wildman–Crippen MR) is 70.9 cm³/mol. The molecule has 0 atom stereocenters. The molecular formula is C12H14BrNOS. The van der Waals surface area contributed by atoms with E-state index in [0.29, 0.717) is 0 Å². The molecule has 1 aliphatic carbocycles. The van der Waals surface area contributed by atoms with E-state index in [1.807, 2.05) is 12.1 Å². The molecular weight excluding hydrogens is 286 g/mol. The number of hydrogen-bond donors (Lipinski definition) is 1. The third-order valence-corrected chi connectivity index (χ3v) is 4.29. The Bertz CT molecular complexity index is 411. The Balaban J connectivity index is 1.75. The fourth-order valence-electron chi connectivity index (χ4n) is 1.82. The number of rotatable bonds is 4. The van der Waals surface area contributed by atoms with Gasteiger partial charge in [-0.25, -0.2) is 0 Å². The molecule has 0 radical (unpaired) electrons. The number of amides is 1. The van der Waals surface area contributed by atoms with Crippen molar-refractivity contribution in [3.05, 3.63) is 32.4 Å². The second kappa shape index (κ2) is 5.64. The van der Waals surface area contributed by atoms with Gasteiger partial charge < -0.3 is 5.32 Å². The molecule has 0 aliphatic heterocycles. The topological polar surface area (TPSA) is 29.1 Å². The monoisotopic (exact) mass is 299 g/mol. The molecule has 0 saturated heterocycles. The van der Waals surface area contributed by atoms with Gasteiger partial charge in [0, 0.05) is 6.54 Å². The molecule has 2 nitrogen and oxygen atoms in total. The Labute approximate surface area is 108 Å². The maximum absolute atomic E-state index is 11.7. The minimum Gasteiger partial charge on any atom is -0.351 e. The number of thiophene rings is 1. The van der Waals surface area contributed by atoms with Gasteiger partial charge in [0.1, 0.15) is 0 Å². The lowest BCUT2D eigenvalue weighted by Gasteiger charge is -2.04. The first kappa shape index (κ1) is 11.9. The quantitative estimate of drug-likeness (QED) is 0.843. The van der Waals surface area contributed by atoms with Gasteiger partial charge in [-0.1, -0.05) is 11.6 Å². The summed E-state index contributed by atoms with van der Waals surface area (Å²) in [6.07, 6.45) is 6.99. The summed E-state index contributed by atoms with van der Waals surface area (Å²) in [6.45, 7) is 0.750. The van der Waals surface area contributed by atoms with Crippen LogP contribution in [0.3, 0.4) is 0 Å². The van der Waals surface area contributed by atoms with Gasteiger partial charge in [0.15, 0.2) is 0 Å². The highest BCUT2D eigenvalue weighted by Crippen LogP contribution is 2.22. The smallest absolute Gasteiger partial charge is 0.261 e. The Morgan fingerprint density at radius 2 is 2.38 bits per heavy atom. The van der Waals surface area contributed by atoms with Crippen LogP contribution in [0.4, 0.5) is 0 Å². The highest BCUT2D eigenvalue weighted by atomic mass is 79.9. The molecule has 16 heavy (non-hydrogen) atoms. The molecule has 0 fully saturated rings. The van der Waals surface area contributed by atoms with E-state index >= 15 is 0 Å². The molecule has 86 valence electrons. The SMILES string of the molecule is O=C(NCCC1=CCCC1)c1ccc(Br)s1. The third kappa shape index (κ3) is 3.19. The first-order valence-corrected chi connectivity index (χ1v) is 7.08. The normalized spacial score (nSPS) is 14.9. The predicted octanol–water partition coefficient (Wildman–Crippen LogP) is 3.74. The van der Waals surface area contributed by atoms with E-state index in [-0.39, 0.29) is 5.91 Å². The summed E-state index contributed by atoms with van der Waals surface area (Å²) in [6, 6.07) is 3.75. The Hall–Kier alpha value is -0.610. The van der Waals surface area contributed by atoms with Crippen LogP contribution in [0.2, 0.25) is 0 Å². The maximum atomic E-state index is 11.7. The summed E-state index contributed by atoms with van der Waals surface area (Å²) in [5.41, 5.74) is 1.49.